The lowest BCUT2D eigenvalue weighted by molar-refractivity contribution is 0.102. The standard InChI is InChI=1S/C16H12N2O2/c19-15-5-3-14(4-6-15)18-16(20)12-1-2-13-10-17-8-7-11(13)9-12/h1-10,19H,(H,18,20). The Morgan fingerprint density at radius 1 is 1.00 bits per heavy atom. The molecular weight excluding hydrogens is 252 g/mol. The summed E-state index contributed by atoms with van der Waals surface area (Å²) >= 11 is 0. The quantitative estimate of drug-likeness (QED) is 0.699. The Labute approximate surface area is 115 Å². The number of phenols is 1. The van der Waals surface area contributed by atoms with Crippen LogP contribution in [0.2, 0.25) is 0 Å². The first-order chi connectivity index (χ1) is 9.72. The molecule has 2 N–H and O–H groups in total. The highest BCUT2D eigenvalue weighted by Gasteiger charge is 2.06. The first kappa shape index (κ1) is 12.2. The van der Waals surface area contributed by atoms with Gasteiger partial charge in [0.05, 0.1) is 0 Å². The van der Waals surface area contributed by atoms with E-state index in [2.05, 4.69) is 10.3 Å². The fourth-order valence-corrected chi connectivity index (χ4v) is 1.97. The van der Waals surface area contributed by atoms with Crippen molar-refractivity contribution in [2.24, 2.45) is 0 Å². The van der Waals surface area contributed by atoms with E-state index in [4.69, 9.17) is 0 Å². The maximum atomic E-state index is 12.2. The van der Waals surface area contributed by atoms with Crippen LogP contribution in [0.4, 0.5) is 5.69 Å². The Morgan fingerprint density at radius 3 is 2.60 bits per heavy atom. The van der Waals surface area contributed by atoms with Crippen LogP contribution in [0.5, 0.6) is 5.75 Å². The van der Waals surface area contributed by atoms with Crippen LogP contribution in [-0.4, -0.2) is 16.0 Å². The molecule has 20 heavy (non-hydrogen) atoms. The van der Waals surface area contributed by atoms with E-state index in [1.165, 1.54) is 12.1 Å². The third kappa shape index (κ3) is 2.44. The monoisotopic (exact) mass is 264 g/mol. The normalized spacial score (nSPS) is 10.4. The molecule has 0 aliphatic heterocycles. The number of hydrogen-bond donors (Lipinski definition) is 2. The first-order valence-electron chi connectivity index (χ1n) is 6.16. The van der Waals surface area contributed by atoms with Gasteiger partial charge < -0.3 is 10.4 Å². The Kier molecular flexibility index (Phi) is 3.05. The van der Waals surface area contributed by atoms with Crippen molar-refractivity contribution in [3.8, 4) is 5.75 Å². The van der Waals surface area contributed by atoms with Gasteiger partial charge in [0.2, 0.25) is 0 Å². The van der Waals surface area contributed by atoms with Crippen molar-refractivity contribution in [2.45, 2.75) is 0 Å². The minimum atomic E-state index is -0.186. The second-order valence-corrected chi connectivity index (χ2v) is 4.44. The van der Waals surface area contributed by atoms with Crippen molar-refractivity contribution in [1.29, 1.82) is 0 Å². The molecule has 4 nitrogen and oxygen atoms in total. The van der Waals surface area contributed by atoms with Gasteiger partial charge in [-0.2, -0.15) is 0 Å². The van der Waals surface area contributed by atoms with E-state index in [0.717, 1.165) is 10.8 Å². The number of aromatic hydroxyl groups is 1. The second-order valence-electron chi connectivity index (χ2n) is 4.44. The molecule has 0 saturated heterocycles. The van der Waals surface area contributed by atoms with Crippen molar-refractivity contribution >= 4 is 22.4 Å². The van der Waals surface area contributed by atoms with E-state index in [-0.39, 0.29) is 11.7 Å². The number of anilines is 1. The number of rotatable bonds is 2. The number of aromatic nitrogens is 1. The number of nitrogens with one attached hydrogen (secondary N) is 1. The van der Waals surface area contributed by atoms with Crippen LogP contribution in [0.15, 0.2) is 60.9 Å². The number of hydrogen-bond acceptors (Lipinski definition) is 3. The zero-order valence-electron chi connectivity index (χ0n) is 10.6. The van der Waals surface area contributed by atoms with Crippen molar-refractivity contribution < 1.29 is 9.90 Å². The molecule has 0 radical (unpaired) electrons. The van der Waals surface area contributed by atoms with E-state index in [1.54, 1.807) is 30.6 Å². The highest BCUT2D eigenvalue weighted by atomic mass is 16.3. The van der Waals surface area contributed by atoms with Crippen molar-refractivity contribution in [1.82, 2.24) is 4.98 Å². The van der Waals surface area contributed by atoms with Gasteiger partial charge in [-0.05, 0) is 47.9 Å². The summed E-state index contributed by atoms with van der Waals surface area (Å²) in [6, 6.07) is 13.7. The number of benzene rings is 2. The van der Waals surface area contributed by atoms with Gasteiger partial charge in [0.25, 0.3) is 5.91 Å². The number of phenolic OH excluding ortho intramolecular Hbond substituents is 1. The summed E-state index contributed by atoms with van der Waals surface area (Å²) in [4.78, 5) is 16.2. The molecule has 0 unspecified atom stereocenters. The van der Waals surface area contributed by atoms with Crippen LogP contribution >= 0.6 is 0 Å². The first-order valence-corrected chi connectivity index (χ1v) is 6.16. The maximum Gasteiger partial charge on any atom is 0.255 e. The highest BCUT2D eigenvalue weighted by molar-refractivity contribution is 6.06. The number of carbonyl (C=O) groups is 1. The van der Waals surface area contributed by atoms with E-state index >= 15 is 0 Å². The molecule has 3 rings (SSSR count). The van der Waals surface area contributed by atoms with Crippen molar-refractivity contribution in [3.05, 3.63) is 66.5 Å². The molecule has 2 aromatic carbocycles. The summed E-state index contributed by atoms with van der Waals surface area (Å²) in [5, 5.41) is 14.0. The van der Waals surface area contributed by atoms with Crippen LogP contribution in [0, 0.1) is 0 Å². The summed E-state index contributed by atoms with van der Waals surface area (Å²) in [6.07, 6.45) is 3.46. The minimum absolute atomic E-state index is 0.168. The molecule has 0 saturated carbocycles. The van der Waals surface area contributed by atoms with Crippen molar-refractivity contribution in [3.63, 3.8) is 0 Å². The third-order valence-corrected chi connectivity index (χ3v) is 3.03. The summed E-state index contributed by atoms with van der Waals surface area (Å²) in [5.74, 6) is -0.0180. The van der Waals surface area contributed by atoms with E-state index in [1.807, 2.05) is 18.2 Å². The minimum Gasteiger partial charge on any atom is -0.508 e. The molecule has 0 aliphatic carbocycles. The summed E-state index contributed by atoms with van der Waals surface area (Å²) in [7, 11) is 0. The molecule has 98 valence electrons. The number of amides is 1. The number of pyridine rings is 1. The number of carbonyl (C=O) groups excluding carboxylic acids is 1. The molecule has 0 fully saturated rings. The largest absolute Gasteiger partial charge is 0.508 e. The summed E-state index contributed by atoms with van der Waals surface area (Å²) in [6.45, 7) is 0. The molecule has 3 aromatic rings. The van der Waals surface area contributed by atoms with Gasteiger partial charge >= 0.3 is 0 Å². The maximum absolute atomic E-state index is 12.2. The fourth-order valence-electron chi connectivity index (χ4n) is 1.97. The average molecular weight is 264 g/mol. The van der Waals surface area contributed by atoms with Crippen LogP contribution in [0.25, 0.3) is 10.8 Å². The van der Waals surface area contributed by atoms with Gasteiger partial charge in [0.15, 0.2) is 0 Å². The molecule has 0 bridgehead atoms. The molecule has 1 amide bonds. The Bertz CT molecular complexity index is 767. The van der Waals surface area contributed by atoms with Crippen LogP contribution in [0.1, 0.15) is 10.4 Å². The third-order valence-electron chi connectivity index (χ3n) is 3.03. The number of nitrogens with zero attached hydrogens (tertiary/aromatic N) is 1. The Hall–Kier alpha value is -2.88. The lowest BCUT2D eigenvalue weighted by Gasteiger charge is -2.06. The predicted octanol–water partition coefficient (Wildman–Crippen LogP) is 3.19. The molecule has 0 atom stereocenters. The zero-order chi connectivity index (χ0) is 13.9. The Balaban J connectivity index is 1.86. The van der Waals surface area contributed by atoms with E-state index in [0.29, 0.717) is 11.3 Å². The molecule has 0 spiro atoms. The van der Waals surface area contributed by atoms with Gasteiger partial charge in [-0.3, -0.25) is 9.78 Å². The lowest BCUT2D eigenvalue weighted by Crippen LogP contribution is -2.11. The molecule has 0 aliphatic rings. The van der Waals surface area contributed by atoms with Crippen LogP contribution in [0.3, 0.4) is 0 Å². The Morgan fingerprint density at radius 2 is 1.80 bits per heavy atom. The second kappa shape index (κ2) is 5.01. The van der Waals surface area contributed by atoms with Gasteiger partial charge in [-0.25, -0.2) is 0 Å². The smallest absolute Gasteiger partial charge is 0.255 e. The summed E-state index contributed by atoms with van der Waals surface area (Å²) < 4.78 is 0. The average Bonchev–Trinajstić information content (AvgIpc) is 2.49. The topological polar surface area (TPSA) is 62.2 Å². The number of fused-ring (bicyclic) bond motifs is 1. The van der Waals surface area contributed by atoms with Crippen LogP contribution in [-0.2, 0) is 0 Å². The van der Waals surface area contributed by atoms with E-state index in [9.17, 15) is 9.90 Å². The predicted molar refractivity (Wildman–Crippen MR) is 77.8 cm³/mol. The zero-order valence-corrected chi connectivity index (χ0v) is 10.6. The molecular formula is C16H12N2O2. The van der Waals surface area contributed by atoms with Crippen LogP contribution < -0.4 is 5.32 Å². The SMILES string of the molecule is O=C(Nc1ccc(O)cc1)c1ccc2cnccc2c1. The molecule has 1 heterocycles. The fraction of sp³-hybridized carbons (Fsp3) is 0. The van der Waals surface area contributed by atoms with Gasteiger partial charge in [-0.15, -0.1) is 0 Å². The summed E-state index contributed by atoms with van der Waals surface area (Å²) in [5.41, 5.74) is 1.22. The molecule has 4 heteroatoms. The highest BCUT2D eigenvalue weighted by Crippen LogP contribution is 2.17. The van der Waals surface area contributed by atoms with Gasteiger partial charge in [0, 0.05) is 29.0 Å². The lowest BCUT2D eigenvalue weighted by atomic mass is 10.1. The van der Waals surface area contributed by atoms with E-state index < -0.39 is 0 Å². The molecule has 1 aromatic heterocycles. The van der Waals surface area contributed by atoms with Gasteiger partial charge in [-0.1, -0.05) is 6.07 Å². The van der Waals surface area contributed by atoms with Gasteiger partial charge in [0.1, 0.15) is 5.75 Å². The van der Waals surface area contributed by atoms with Crippen molar-refractivity contribution in [2.75, 3.05) is 5.32 Å².